The third kappa shape index (κ3) is 4.00. The summed E-state index contributed by atoms with van der Waals surface area (Å²) >= 11 is 0. The van der Waals surface area contributed by atoms with Crippen LogP contribution in [-0.4, -0.2) is 55.2 Å². The van der Waals surface area contributed by atoms with E-state index in [1.54, 1.807) is 6.92 Å². The number of likely N-dealkylation sites (tertiary alicyclic amines) is 1. The van der Waals surface area contributed by atoms with Crippen molar-refractivity contribution in [1.29, 1.82) is 0 Å². The van der Waals surface area contributed by atoms with Gasteiger partial charge < -0.3 is 14.8 Å². The normalized spacial score (nSPS) is 18.1. The Morgan fingerprint density at radius 2 is 1.68 bits per heavy atom. The molecule has 0 bridgehead atoms. The summed E-state index contributed by atoms with van der Waals surface area (Å²) in [6.07, 6.45) is 0.726. The summed E-state index contributed by atoms with van der Waals surface area (Å²) in [5, 5.41) is 2.62. The summed E-state index contributed by atoms with van der Waals surface area (Å²) in [7, 11) is 1.27. The molecule has 7 heteroatoms. The zero-order chi connectivity index (χ0) is 22.0. The van der Waals surface area contributed by atoms with E-state index in [9.17, 15) is 14.4 Å². The van der Waals surface area contributed by atoms with Gasteiger partial charge in [-0.2, -0.15) is 0 Å². The summed E-state index contributed by atoms with van der Waals surface area (Å²) < 4.78 is 10.3. The van der Waals surface area contributed by atoms with Gasteiger partial charge in [-0.05, 0) is 42.0 Å². The first kappa shape index (κ1) is 20.9. The Kier molecular flexibility index (Phi) is 5.93. The first-order chi connectivity index (χ1) is 15.0. The van der Waals surface area contributed by atoms with Crippen molar-refractivity contribution in [2.75, 3.05) is 20.3 Å². The maximum Gasteiger partial charge on any atom is 0.410 e. The Bertz CT molecular complexity index is 959. The van der Waals surface area contributed by atoms with Crippen molar-refractivity contribution in [3.8, 4) is 11.1 Å². The Morgan fingerprint density at radius 1 is 1.06 bits per heavy atom. The molecule has 1 N–H and O–H groups in total. The zero-order valence-electron chi connectivity index (χ0n) is 17.7. The van der Waals surface area contributed by atoms with E-state index in [0.29, 0.717) is 19.4 Å². The molecule has 0 saturated carbocycles. The molecule has 1 aliphatic carbocycles. The minimum Gasteiger partial charge on any atom is -0.467 e. The number of carbonyl (C=O) groups is 3. The van der Waals surface area contributed by atoms with Gasteiger partial charge in [0.2, 0.25) is 5.91 Å². The topological polar surface area (TPSA) is 84.9 Å². The summed E-state index contributed by atoms with van der Waals surface area (Å²) in [5.74, 6) is -0.937. The third-order valence-corrected chi connectivity index (χ3v) is 6.04. The van der Waals surface area contributed by atoms with Crippen molar-refractivity contribution >= 4 is 18.0 Å². The fraction of sp³-hybridized carbons (Fsp3) is 0.375. The molecule has 0 spiro atoms. The van der Waals surface area contributed by atoms with Crippen LogP contribution in [0.2, 0.25) is 0 Å². The first-order valence-corrected chi connectivity index (χ1v) is 10.5. The molecule has 4 rings (SSSR count). The van der Waals surface area contributed by atoms with Gasteiger partial charge in [0, 0.05) is 12.5 Å². The van der Waals surface area contributed by atoms with Crippen molar-refractivity contribution in [3.63, 3.8) is 0 Å². The average Bonchev–Trinajstić information content (AvgIpc) is 3.40. The lowest BCUT2D eigenvalue weighted by Crippen LogP contribution is -2.50. The summed E-state index contributed by atoms with van der Waals surface area (Å²) in [4.78, 5) is 38.5. The number of hydrogen-bond acceptors (Lipinski definition) is 5. The predicted octanol–water partition coefficient (Wildman–Crippen LogP) is 3.08. The minimum atomic E-state index is -0.775. The van der Waals surface area contributed by atoms with E-state index in [0.717, 1.165) is 22.3 Å². The zero-order valence-corrected chi connectivity index (χ0v) is 17.7. The highest BCUT2D eigenvalue weighted by atomic mass is 16.6. The van der Waals surface area contributed by atoms with E-state index in [2.05, 4.69) is 34.3 Å². The number of amides is 2. The van der Waals surface area contributed by atoms with Gasteiger partial charge in [-0.3, -0.25) is 9.69 Å². The summed E-state index contributed by atoms with van der Waals surface area (Å²) in [6.45, 7) is 2.20. The second-order valence-electron chi connectivity index (χ2n) is 7.91. The highest BCUT2D eigenvalue weighted by molar-refractivity contribution is 5.90. The second-order valence-corrected chi connectivity index (χ2v) is 7.91. The standard InChI is InChI=1S/C24H26N2O5/c1-15(23(28)30-2)25-22(27)21-12-7-13-26(21)24(29)31-14-20-18-10-5-3-8-16(18)17-9-4-6-11-19(17)20/h3-6,8-11,15,20-21H,7,12-14H2,1-2H3,(H,25,27)/t15-,21-/m0/s1. The molecule has 2 atom stereocenters. The van der Waals surface area contributed by atoms with E-state index in [-0.39, 0.29) is 18.4 Å². The Morgan fingerprint density at radius 3 is 2.29 bits per heavy atom. The van der Waals surface area contributed by atoms with E-state index >= 15 is 0 Å². The molecule has 2 aromatic rings. The molecule has 1 heterocycles. The first-order valence-electron chi connectivity index (χ1n) is 10.5. The van der Waals surface area contributed by atoms with Crippen LogP contribution >= 0.6 is 0 Å². The molecule has 7 nitrogen and oxygen atoms in total. The number of ether oxygens (including phenoxy) is 2. The van der Waals surface area contributed by atoms with Gasteiger partial charge in [-0.25, -0.2) is 9.59 Å². The maximum absolute atomic E-state index is 12.8. The van der Waals surface area contributed by atoms with Crippen molar-refractivity contribution in [1.82, 2.24) is 10.2 Å². The van der Waals surface area contributed by atoms with Crippen LogP contribution < -0.4 is 5.32 Å². The lowest BCUT2D eigenvalue weighted by molar-refractivity contribution is -0.145. The molecule has 2 aliphatic rings. The van der Waals surface area contributed by atoms with Gasteiger partial charge in [-0.1, -0.05) is 48.5 Å². The van der Waals surface area contributed by atoms with Crippen LogP contribution in [0.3, 0.4) is 0 Å². The molecule has 31 heavy (non-hydrogen) atoms. The Balaban J connectivity index is 1.43. The Hall–Kier alpha value is -3.35. The lowest BCUT2D eigenvalue weighted by atomic mass is 9.98. The largest absolute Gasteiger partial charge is 0.467 e. The van der Waals surface area contributed by atoms with Gasteiger partial charge in [-0.15, -0.1) is 0 Å². The van der Waals surface area contributed by atoms with Gasteiger partial charge in [0.25, 0.3) is 0 Å². The van der Waals surface area contributed by atoms with Gasteiger partial charge >= 0.3 is 12.1 Å². The smallest absolute Gasteiger partial charge is 0.410 e. The maximum atomic E-state index is 12.8. The van der Waals surface area contributed by atoms with Crippen LogP contribution in [0.1, 0.15) is 36.8 Å². The molecule has 1 aliphatic heterocycles. The monoisotopic (exact) mass is 422 g/mol. The van der Waals surface area contributed by atoms with E-state index in [1.807, 2.05) is 24.3 Å². The fourth-order valence-electron chi connectivity index (χ4n) is 4.48. The number of esters is 1. The molecule has 0 aromatic heterocycles. The van der Waals surface area contributed by atoms with Gasteiger partial charge in [0.15, 0.2) is 0 Å². The molecule has 1 fully saturated rings. The number of methoxy groups -OCH3 is 1. The molecule has 2 amide bonds. The number of nitrogens with zero attached hydrogens (tertiary/aromatic N) is 1. The SMILES string of the molecule is COC(=O)[C@H](C)NC(=O)[C@@H]1CCCN1C(=O)OCC1c2ccccc2-c2ccccc21. The molecular weight excluding hydrogens is 396 g/mol. The van der Waals surface area contributed by atoms with Crippen molar-refractivity contribution in [2.24, 2.45) is 0 Å². The number of benzene rings is 2. The van der Waals surface area contributed by atoms with Crippen LogP contribution in [0.15, 0.2) is 48.5 Å². The molecule has 2 aromatic carbocycles. The minimum absolute atomic E-state index is 0.0365. The van der Waals surface area contributed by atoms with Gasteiger partial charge in [0.1, 0.15) is 18.7 Å². The lowest BCUT2D eigenvalue weighted by Gasteiger charge is -2.25. The van der Waals surface area contributed by atoms with Crippen molar-refractivity contribution in [3.05, 3.63) is 59.7 Å². The quantitative estimate of drug-likeness (QED) is 0.749. The molecule has 0 radical (unpaired) electrons. The number of rotatable bonds is 5. The molecular formula is C24H26N2O5. The summed E-state index contributed by atoms with van der Waals surface area (Å²) in [6, 6.07) is 14.9. The van der Waals surface area contributed by atoms with E-state index in [4.69, 9.17) is 4.74 Å². The van der Waals surface area contributed by atoms with Gasteiger partial charge in [0.05, 0.1) is 7.11 Å². The van der Waals surface area contributed by atoms with Crippen LogP contribution in [0.4, 0.5) is 4.79 Å². The average molecular weight is 422 g/mol. The Labute approximate surface area is 181 Å². The van der Waals surface area contributed by atoms with E-state index < -0.39 is 24.1 Å². The van der Waals surface area contributed by atoms with E-state index in [1.165, 1.54) is 12.0 Å². The van der Waals surface area contributed by atoms with Crippen LogP contribution in [-0.2, 0) is 19.1 Å². The predicted molar refractivity (Wildman–Crippen MR) is 114 cm³/mol. The van der Waals surface area contributed by atoms with Crippen molar-refractivity contribution < 1.29 is 23.9 Å². The van der Waals surface area contributed by atoms with Crippen LogP contribution in [0, 0.1) is 0 Å². The third-order valence-electron chi connectivity index (χ3n) is 6.04. The number of nitrogens with one attached hydrogen (secondary N) is 1. The number of hydrogen-bond donors (Lipinski definition) is 1. The number of carbonyl (C=O) groups excluding carboxylic acids is 3. The van der Waals surface area contributed by atoms with Crippen LogP contribution in [0.5, 0.6) is 0 Å². The molecule has 1 saturated heterocycles. The van der Waals surface area contributed by atoms with Crippen LogP contribution in [0.25, 0.3) is 11.1 Å². The highest BCUT2D eigenvalue weighted by Gasteiger charge is 2.37. The molecule has 162 valence electrons. The highest BCUT2D eigenvalue weighted by Crippen LogP contribution is 2.44. The summed E-state index contributed by atoms with van der Waals surface area (Å²) in [5.41, 5.74) is 4.60. The second kappa shape index (κ2) is 8.79. The molecule has 0 unspecified atom stereocenters. The fourth-order valence-corrected chi connectivity index (χ4v) is 4.48. The van der Waals surface area contributed by atoms with Crippen molar-refractivity contribution in [2.45, 2.75) is 37.8 Å². The number of fused-ring (bicyclic) bond motifs is 3.